The molecule has 140 valence electrons. The molecule has 2 atom stereocenters. The Kier molecular flexibility index (Phi) is 8.69. The van der Waals surface area contributed by atoms with Gasteiger partial charge in [0.2, 0.25) is 0 Å². The maximum absolute atomic E-state index is 12.0. The smallest absolute Gasteiger partial charge is 0.181 e. The number of aromatic amines is 1. The fourth-order valence-electron chi connectivity index (χ4n) is 2.85. The van der Waals surface area contributed by atoms with Crippen molar-refractivity contribution >= 4 is 5.78 Å². The number of H-pyrrole nitrogens is 1. The SMILES string of the molecule is CC/C=C\CC(O)C/C=C1/C(=O)C=CC1C/C=C\CCCc1nn[nH]n1. The Bertz CT molecular complexity index is 659. The van der Waals surface area contributed by atoms with Crippen molar-refractivity contribution in [1.29, 1.82) is 0 Å². The van der Waals surface area contributed by atoms with Crippen molar-refractivity contribution in [2.45, 2.75) is 58.0 Å². The van der Waals surface area contributed by atoms with Gasteiger partial charge in [-0.05, 0) is 44.6 Å². The molecule has 1 aromatic heterocycles. The molecule has 0 bridgehead atoms. The van der Waals surface area contributed by atoms with Gasteiger partial charge in [-0.2, -0.15) is 5.21 Å². The maximum atomic E-state index is 12.0. The Labute approximate surface area is 154 Å². The van der Waals surface area contributed by atoms with Crippen LogP contribution in [0.15, 0.2) is 48.1 Å². The molecule has 2 N–H and O–H groups in total. The number of carbonyl (C=O) groups excluding carboxylic acids is 1. The third-order valence-electron chi connectivity index (χ3n) is 4.30. The number of tetrazole rings is 1. The zero-order valence-corrected chi connectivity index (χ0v) is 15.3. The van der Waals surface area contributed by atoms with Gasteiger partial charge >= 0.3 is 0 Å². The van der Waals surface area contributed by atoms with Crippen LogP contribution in [0.4, 0.5) is 0 Å². The third-order valence-corrected chi connectivity index (χ3v) is 4.30. The van der Waals surface area contributed by atoms with Crippen LogP contribution >= 0.6 is 0 Å². The van der Waals surface area contributed by atoms with Gasteiger partial charge in [-0.1, -0.05) is 48.6 Å². The number of nitrogens with zero attached hydrogens (tertiary/aromatic N) is 3. The van der Waals surface area contributed by atoms with Crippen molar-refractivity contribution in [2.75, 3.05) is 0 Å². The highest BCUT2D eigenvalue weighted by molar-refractivity contribution is 6.07. The molecule has 26 heavy (non-hydrogen) atoms. The fourth-order valence-corrected chi connectivity index (χ4v) is 2.85. The van der Waals surface area contributed by atoms with Gasteiger partial charge in [-0.15, -0.1) is 10.2 Å². The van der Waals surface area contributed by atoms with Crippen LogP contribution in [0.25, 0.3) is 0 Å². The summed E-state index contributed by atoms with van der Waals surface area (Å²) in [6.45, 7) is 2.07. The molecule has 0 aromatic carbocycles. The van der Waals surface area contributed by atoms with Crippen LogP contribution in [0, 0.1) is 5.92 Å². The number of unbranched alkanes of at least 4 members (excludes halogenated alkanes) is 1. The lowest BCUT2D eigenvalue weighted by Crippen LogP contribution is -2.07. The van der Waals surface area contributed by atoms with Crippen molar-refractivity contribution in [1.82, 2.24) is 20.6 Å². The van der Waals surface area contributed by atoms with Crippen molar-refractivity contribution in [3.05, 3.63) is 53.9 Å². The number of nitrogens with one attached hydrogen (secondary N) is 1. The van der Waals surface area contributed by atoms with E-state index in [-0.39, 0.29) is 11.7 Å². The molecule has 6 nitrogen and oxygen atoms in total. The molecule has 0 amide bonds. The Hall–Kier alpha value is -2.34. The van der Waals surface area contributed by atoms with E-state index in [1.807, 2.05) is 24.3 Å². The van der Waals surface area contributed by atoms with E-state index in [2.05, 4.69) is 39.7 Å². The maximum Gasteiger partial charge on any atom is 0.181 e. The van der Waals surface area contributed by atoms with Crippen LogP contribution in [0.1, 0.15) is 51.3 Å². The van der Waals surface area contributed by atoms with Crippen LogP contribution in [0.5, 0.6) is 0 Å². The van der Waals surface area contributed by atoms with E-state index in [0.717, 1.165) is 43.5 Å². The van der Waals surface area contributed by atoms with Crippen molar-refractivity contribution in [2.24, 2.45) is 5.92 Å². The molecule has 0 aliphatic heterocycles. The summed E-state index contributed by atoms with van der Waals surface area (Å²) >= 11 is 0. The number of aliphatic hydroxyl groups excluding tert-OH is 1. The lowest BCUT2D eigenvalue weighted by molar-refractivity contribution is -0.111. The van der Waals surface area contributed by atoms with Gasteiger partial charge < -0.3 is 5.11 Å². The highest BCUT2D eigenvalue weighted by Gasteiger charge is 2.21. The Balaban J connectivity index is 1.73. The minimum absolute atomic E-state index is 0.0665. The van der Waals surface area contributed by atoms with E-state index in [1.165, 1.54) is 0 Å². The van der Waals surface area contributed by atoms with Gasteiger partial charge in [0.05, 0.1) is 6.10 Å². The molecular weight excluding hydrogens is 328 g/mol. The van der Waals surface area contributed by atoms with Crippen molar-refractivity contribution in [3.63, 3.8) is 0 Å². The average molecular weight is 356 g/mol. The monoisotopic (exact) mass is 356 g/mol. The Morgan fingerprint density at radius 2 is 2.15 bits per heavy atom. The summed E-state index contributed by atoms with van der Waals surface area (Å²) in [4.78, 5) is 12.0. The first-order valence-corrected chi connectivity index (χ1v) is 9.33. The molecule has 1 aliphatic rings. The quantitative estimate of drug-likeness (QED) is 0.361. The number of hydrogen-bond donors (Lipinski definition) is 2. The third kappa shape index (κ3) is 6.88. The predicted molar refractivity (Wildman–Crippen MR) is 101 cm³/mol. The minimum atomic E-state index is -0.431. The van der Waals surface area contributed by atoms with Gasteiger partial charge in [0.25, 0.3) is 0 Å². The van der Waals surface area contributed by atoms with E-state index in [4.69, 9.17) is 0 Å². The zero-order chi connectivity index (χ0) is 18.6. The van der Waals surface area contributed by atoms with Gasteiger partial charge in [-0.3, -0.25) is 4.79 Å². The fraction of sp³-hybridized carbons (Fsp3) is 0.500. The number of carbonyl (C=O) groups is 1. The lowest BCUT2D eigenvalue weighted by Gasteiger charge is -2.10. The topological polar surface area (TPSA) is 91.8 Å². The van der Waals surface area contributed by atoms with Gasteiger partial charge in [0.1, 0.15) is 0 Å². The Morgan fingerprint density at radius 3 is 2.92 bits per heavy atom. The van der Waals surface area contributed by atoms with E-state index in [1.54, 1.807) is 6.08 Å². The lowest BCUT2D eigenvalue weighted by atomic mass is 9.96. The first-order chi connectivity index (χ1) is 12.7. The van der Waals surface area contributed by atoms with Crippen molar-refractivity contribution < 1.29 is 9.90 Å². The minimum Gasteiger partial charge on any atom is -0.392 e. The first-order valence-electron chi connectivity index (χ1n) is 9.33. The highest BCUT2D eigenvalue weighted by Crippen LogP contribution is 2.26. The van der Waals surface area contributed by atoms with Crippen LogP contribution in [-0.4, -0.2) is 37.6 Å². The zero-order valence-electron chi connectivity index (χ0n) is 15.3. The number of ketones is 1. The van der Waals surface area contributed by atoms with Crippen LogP contribution in [0.3, 0.4) is 0 Å². The predicted octanol–water partition coefficient (Wildman–Crippen LogP) is 3.26. The molecule has 1 aliphatic carbocycles. The molecule has 0 saturated carbocycles. The van der Waals surface area contributed by atoms with E-state index in [0.29, 0.717) is 12.8 Å². The van der Waals surface area contributed by atoms with E-state index in [9.17, 15) is 9.90 Å². The molecule has 6 heteroatoms. The van der Waals surface area contributed by atoms with Gasteiger partial charge in [-0.25, -0.2) is 0 Å². The molecule has 1 aromatic rings. The van der Waals surface area contributed by atoms with Crippen molar-refractivity contribution in [3.8, 4) is 0 Å². The molecule has 0 fully saturated rings. The summed E-state index contributed by atoms with van der Waals surface area (Å²) in [5, 5.41) is 23.8. The number of allylic oxidation sites excluding steroid dienone is 6. The second-order valence-electron chi connectivity index (χ2n) is 6.42. The molecule has 2 unspecified atom stereocenters. The molecule has 0 radical (unpaired) electrons. The molecule has 1 heterocycles. The summed E-state index contributed by atoms with van der Waals surface area (Å²) in [5.41, 5.74) is 0.806. The van der Waals surface area contributed by atoms with E-state index < -0.39 is 6.10 Å². The summed E-state index contributed by atoms with van der Waals surface area (Å²) in [5.74, 6) is 0.923. The van der Waals surface area contributed by atoms with Gasteiger partial charge in [0, 0.05) is 17.9 Å². The second kappa shape index (κ2) is 11.3. The van der Waals surface area contributed by atoms with Crippen LogP contribution in [-0.2, 0) is 11.2 Å². The number of aryl methyl sites for hydroxylation is 1. The molecule has 2 rings (SSSR count). The number of hydrogen-bond acceptors (Lipinski definition) is 5. The molecule has 0 saturated heterocycles. The average Bonchev–Trinajstić information content (AvgIpc) is 3.26. The Morgan fingerprint density at radius 1 is 1.27 bits per heavy atom. The summed E-state index contributed by atoms with van der Waals surface area (Å²) in [6.07, 6.45) is 19.0. The summed E-state index contributed by atoms with van der Waals surface area (Å²) in [6, 6.07) is 0. The normalized spacial score (nSPS) is 20.2. The standard InChI is InChI=1S/C20H28N4O2/c1-2-3-6-10-17(25)13-14-18-16(12-15-19(18)26)9-7-4-5-8-11-20-21-23-24-22-20/h3-4,6-7,12,14-17,25H,2,5,8-11,13H2,1H3,(H,21,22,23,24)/b6-3-,7-4-,18-14+. The van der Waals surface area contributed by atoms with Gasteiger partial charge in [0.15, 0.2) is 11.6 Å². The summed E-state index contributed by atoms with van der Waals surface area (Å²) in [7, 11) is 0. The molecule has 0 spiro atoms. The number of rotatable bonds is 11. The number of aliphatic hydroxyl groups is 1. The molecular formula is C20H28N4O2. The highest BCUT2D eigenvalue weighted by atomic mass is 16.3. The summed E-state index contributed by atoms with van der Waals surface area (Å²) < 4.78 is 0. The van der Waals surface area contributed by atoms with E-state index >= 15 is 0 Å². The van der Waals surface area contributed by atoms with Crippen LogP contribution in [0.2, 0.25) is 0 Å². The van der Waals surface area contributed by atoms with Crippen LogP contribution < -0.4 is 0 Å². The first kappa shape index (κ1) is 20.0. The number of aromatic nitrogens is 4. The second-order valence-corrected chi connectivity index (χ2v) is 6.42. The largest absolute Gasteiger partial charge is 0.392 e.